The number of hydrogen-bond acceptors (Lipinski definition) is 4. The number of pyridine rings is 1. The molecular formula is C14H23N3O. The van der Waals surface area contributed by atoms with Gasteiger partial charge in [0.15, 0.2) is 0 Å². The standard InChI is InChI=1S/C14H23N3O/c1-10(2)9-18-14-12(15)6-7-13(16-14)17-8-4-5-11(17)3/h6-7,10-11H,4-5,8-9,15H2,1-3H3. The largest absolute Gasteiger partial charge is 0.476 e. The highest BCUT2D eigenvalue weighted by atomic mass is 16.5. The molecule has 0 aliphatic carbocycles. The Morgan fingerprint density at radius 2 is 2.28 bits per heavy atom. The van der Waals surface area contributed by atoms with Crippen LogP contribution in [0.4, 0.5) is 11.5 Å². The number of aromatic nitrogens is 1. The molecule has 0 bridgehead atoms. The van der Waals surface area contributed by atoms with Crippen molar-refractivity contribution >= 4 is 11.5 Å². The average molecular weight is 249 g/mol. The maximum Gasteiger partial charge on any atom is 0.239 e. The Hall–Kier alpha value is -1.45. The van der Waals surface area contributed by atoms with Gasteiger partial charge in [-0.05, 0) is 37.8 Å². The molecule has 0 spiro atoms. The molecule has 1 aromatic heterocycles. The van der Waals surface area contributed by atoms with Gasteiger partial charge in [0.1, 0.15) is 5.82 Å². The van der Waals surface area contributed by atoms with E-state index in [1.54, 1.807) is 0 Å². The lowest BCUT2D eigenvalue weighted by atomic mass is 10.2. The minimum atomic E-state index is 0.473. The third kappa shape index (κ3) is 2.86. The van der Waals surface area contributed by atoms with Crippen LogP contribution in [0.3, 0.4) is 0 Å². The number of nitrogens with zero attached hydrogens (tertiary/aromatic N) is 2. The third-order valence-electron chi connectivity index (χ3n) is 3.28. The van der Waals surface area contributed by atoms with E-state index < -0.39 is 0 Å². The molecule has 2 N–H and O–H groups in total. The van der Waals surface area contributed by atoms with Gasteiger partial charge in [-0.15, -0.1) is 0 Å². The first-order chi connectivity index (χ1) is 8.58. The summed E-state index contributed by atoms with van der Waals surface area (Å²) < 4.78 is 5.67. The summed E-state index contributed by atoms with van der Waals surface area (Å²) in [5, 5.41) is 0. The Labute approximate surface area is 109 Å². The predicted octanol–water partition coefficient (Wildman–Crippen LogP) is 2.69. The zero-order valence-corrected chi connectivity index (χ0v) is 11.5. The molecule has 1 unspecified atom stereocenters. The van der Waals surface area contributed by atoms with Crippen LogP contribution in [0, 0.1) is 5.92 Å². The predicted molar refractivity (Wildman–Crippen MR) is 75.0 cm³/mol. The second-order valence-corrected chi connectivity index (χ2v) is 5.45. The lowest BCUT2D eigenvalue weighted by Crippen LogP contribution is -2.27. The number of rotatable bonds is 4. The molecule has 18 heavy (non-hydrogen) atoms. The zero-order chi connectivity index (χ0) is 13.1. The van der Waals surface area contributed by atoms with E-state index in [9.17, 15) is 0 Å². The molecule has 4 heteroatoms. The van der Waals surface area contributed by atoms with Crippen LogP contribution in [0.1, 0.15) is 33.6 Å². The lowest BCUT2D eigenvalue weighted by molar-refractivity contribution is 0.263. The number of ether oxygens (including phenoxy) is 1. The van der Waals surface area contributed by atoms with Gasteiger partial charge in [-0.25, -0.2) is 0 Å². The van der Waals surface area contributed by atoms with Crippen molar-refractivity contribution in [2.45, 2.75) is 39.7 Å². The third-order valence-corrected chi connectivity index (χ3v) is 3.28. The van der Waals surface area contributed by atoms with Crippen LogP contribution in [0.15, 0.2) is 12.1 Å². The quantitative estimate of drug-likeness (QED) is 0.891. The minimum Gasteiger partial charge on any atom is -0.476 e. The monoisotopic (exact) mass is 249 g/mol. The second-order valence-electron chi connectivity index (χ2n) is 5.45. The smallest absolute Gasteiger partial charge is 0.239 e. The maximum atomic E-state index is 5.90. The number of anilines is 2. The first-order valence-corrected chi connectivity index (χ1v) is 6.74. The van der Waals surface area contributed by atoms with E-state index in [-0.39, 0.29) is 0 Å². The van der Waals surface area contributed by atoms with Crippen LogP contribution >= 0.6 is 0 Å². The fraction of sp³-hybridized carbons (Fsp3) is 0.643. The molecule has 1 saturated heterocycles. The maximum absolute atomic E-state index is 5.90. The summed E-state index contributed by atoms with van der Waals surface area (Å²) >= 11 is 0. The summed E-state index contributed by atoms with van der Waals surface area (Å²) in [5.74, 6) is 2.02. The summed E-state index contributed by atoms with van der Waals surface area (Å²) in [6.45, 7) is 8.18. The lowest BCUT2D eigenvalue weighted by Gasteiger charge is -2.23. The van der Waals surface area contributed by atoms with Gasteiger partial charge in [0.2, 0.25) is 5.88 Å². The van der Waals surface area contributed by atoms with Crippen molar-refractivity contribution in [3.8, 4) is 5.88 Å². The molecule has 0 radical (unpaired) electrons. The Balaban J connectivity index is 2.15. The molecule has 100 valence electrons. The average Bonchev–Trinajstić information content (AvgIpc) is 2.74. The summed E-state index contributed by atoms with van der Waals surface area (Å²) in [6.07, 6.45) is 2.46. The van der Waals surface area contributed by atoms with E-state index in [1.165, 1.54) is 12.8 Å². The Morgan fingerprint density at radius 1 is 1.50 bits per heavy atom. The normalized spacial score (nSPS) is 19.6. The fourth-order valence-corrected chi connectivity index (χ4v) is 2.24. The van der Waals surface area contributed by atoms with Crippen molar-refractivity contribution in [3.05, 3.63) is 12.1 Å². The second kappa shape index (κ2) is 5.46. The van der Waals surface area contributed by atoms with Gasteiger partial charge in [-0.3, -0.25) is 0 Å². The Kier molecular flexibility index (Phi) is 3.94. The van der Waals surface area contributed by atoms with Crippen molar-refractivity contribution in [2.75, 3.05) is 23.8 Å². The Morgan fingerprint density at radius 3 is 2.89 bits per heavy atom. The van der Waals surface area contributed by atoms with Gasteiger partial charge in [-0.1, -0.05) is 13.8 Å². The molecule has 0 aromatic carbocycles. The molecule has 0 amide bonds. The van der Waals surface area contributed by atoms with Gasteiger partial charge < -0.3 is 15.4 Å². The van der Waals surface area contributed by atoms with Crippen LogP contribution in [-0.2, 0) is 0 Å². The molecule has 0 saturated carbocycles. The Bertz CT molecular complexity index is 406. The molecule has 1 fully saturated rings. The van der Waals surface area contributed by atoms with Crippen LogP contribution in [0.5, 0.6) is 5.88 Å². The van der Waals surface area contributed by atoms with Gasteiger partial charge in [0, 0.05) is 12.6 Å². The SMILES string of the molecule is CC(C)COc1nc(N2CCCC2C)ccc1N. The summed E-state index contributed by atoms with van der Waals surface area (Å²) in [7, 11) is 0. The molecular weight excluding hydrogens is 226 g/mol. The van der Waals surface area contributed by atoms with E-state index >= 15 is 0 Å². The highest BCUT2D eigenvalue weighted by Crippen LogP contribution is 2.28. The minimum absolute atomic E-state index is 0.473. The molecule has 1 aliphatic heterocycles. The van der Waals surface area contributed by atoms with Gasteiger partial charge >= 0.3 is 0 Å². The van der Waals surface area contributed by atoms with E-state index in [4.69, 9.17) is 10.5 Å². The van der Waals surface area contributed by atoms with Crippen LogP contribution < -0.4 is 15.4 Å². The first-order valence-electron chi connectivity index (χ1n) is 6.74. The summed E-state index contributed by atoms with van der Waals surface area (Å²) in [4.78, 5) is 6.88. The van der Waals surface area contributed by atoms with E-state index in [2.05, 4.69) is 30.7 Å². The topological polar surface area (TPSA) is 51.4 Å². The molecule has 2 heterocycles. The summed E-state index contributed by atoms with van der Waals surface area (Å²) in [5.41, 5.74) is 6.52. The molecule has 1 aromatic rings. The number of nitrogens with two attached hydrogens (primary N) is 1. The van der Waals surface area contributed by atoms with Crippen molar-refractivity contribution in [3.63, 3.8) is 0 Å². The fourth-order valence-electron chi connectivity index (χ4n) is 2.24. The van der Waals surface area contributed by atoms with Crippen molar-refractivity contribution in [2.24, 2.45) is 5.92 Å². The van der Waals surface area contributed by atoms with Crippen molar-refractivity contribution < 1.29 is 4.74 Å². The van der Waals surface area contributed by atoms with E-state index in [0.717, 1.165) is 12.4 Å². The highest BCUT2D eigenvalue weighted by molar-refractivity contribution is 5.55. The number of nitrogen functional groups attached to an aromatic ring is 1. The van der Waals surface area contributed by atoms with Crippen LogP contribution in [-0.4, -0.2) is 24.2 Å². The molecule has 1 aliphatic rings. The zero-order valence-electron chi connectivity index (χ0n) is 11.5. The van der Waals surface area contributed by atoms with Gasteiger partial charge in [-0.2, -0.15) is 4.98 Å². The van der Waals surface area contributed by atoms with Gasteiger partial charge in [0.25, 0.3) is 0 Å². The summed E-state index contributed by atoms with van der Waals surface area (Å²) in [6, 6.07) is 4.43. The molecule has 2 rings (SSSR count). The first kappa shape index (κ1) is 13.0. The molecule has 1 atom stereocenters. The van der Waals surface area contributed by atoms with Crippen molar-refractivity contribution in [1.29, 1.82) is 0 Å². The number of hydrogen-bond donors (Lipinski definition) is 1. The van der Waals surface area contributed by atoms with Crippen LogP contribution in [0.25, 0.3) is 0 Å². The van der Waals surface area contributed by atoms with Gasteiger partial charge in [0.05, 0.1) is 12.3 Å². The highest BCUT2D eigenvalue weighted by Gasteiger charge is 2.22. The van der Waals surface area contributed by atoms with E-state index in [1.807, 2.05) is 12.1 Å². The molecule has 4 nitrogen and oxygen atoms in total. The van der Waals surface area contributed by atoms with E-state index in [0.29, 0.717) is 30.1 Å². The van der Waals surface area contributed by atoms with Crippen LogP contribution in [0.2, 0.25) is 0 Å². The van der Waals surface area contributed by atoms with Crippen molar-refractivity contribution in [1.82, 2.24) is 4.98 Å².